The van der Waals surface area contributed by atoms with E-state index in [1.54, 1.807) is 0 Å². The van der Waals surface area contributed by atoms with Crippen molar-refractivity contribution in [2.75, 3.05) is 0 Å². The predicted octanol–water partition coefficient (Wildman–Crippen LogP) is 3.16. The summed E-state index contributed by atoms with van der Waals surface area (Å²) in [6, 6.07) is 0. The van der Waals surface area contributed by atoms with E-state index < -0.39 is 0 Å². The lowest BCUT2D eigenvalue weighted by molar-refractivity contribution is 0.212. The molecular formula is C10H19OP. The molecule has 1 nitrogen and oxygen atoms in total. The molecule has 0 radical (unpaired) electrons. The fourth-order valence-corrected chi connectivity index (χ4v) is 1.42. The van der Waals surface area contributed by atoms with Crippen LogP contribution in [0.4, 0.5) is 0 Å². The highest BCUT2D eigenvalue weighted by molar-refractivity contribution is 7.09. The largest absolute Gasteiger partial charge is 0.362 e. The number of hydrogen-bond acceptors (Lipinski definition) is 1. The molecule has 0 bridgehead atoms. The van der Waals surface area contributed by atoms with Crippen molar-refractivity contribution in [3.63, 3.8) is 0 Å². The molecule has 0 aromatic heterocycles. The van der Waals surface area contributed by atoms with E-state index in [9.17, 15) is 0 Å². The Bertz CT molecular complexity index is 128. The fourth-order valence-electron chi connectivity index (χ4n) is 1.15. The zero-order valence-electron chi connectivity index (χ0n) is 7.88. The summed E-state index contributed by atoms with van der Waals surface area (Å²) in [6.45, 7) is 2.21. The molecule has 0 heterocycles. The van der Waals surface area contributed by atoms with Gasteiger partial charge in [-0.1, -0.05) is 26.2 Å². The van der Waals surface area contributed by atoms with Gasteiger partial charge in [0.2, 0.25) is 0 Å². The van der Waals surface area contributed by atoms with Gasteiger partial charge in [-0.2, -0.15) is 0 Å². The molecule has 0 aliphatic rings. The summed E-state index contributed by atoms with van der Waals surface area (Å²) in [7, 11) is 2.33. The highest BCUT2D eigenvalue weighted by atomic mass is 31.0. The van der Waals surface area contributed by atoms with Gasteiger partial charge in [-0.05, 0) is 12.8 Å². The first-order valence-corrected chi connectivity index (χ1v) is 5.11. The molecular weight excluding hydrogens is 167 g/mol. The van der Waals surface area contributed by atoms with Crippen molar-refractivity contribution in [3.8, 4) is 12.3 Å². The maximum atomic E-state index is 5.22. The molecule has 0 fully saturated rings. The molecule has 0 aromatic rings. The lowest BCUT2D eigenvalue weighted by Gasteiger charge is -2.12. The summed E-state index contributed by atoms with van der Waals surface area (Å²) in [4.78, 5) is 0. The highest BCUT2D eigenvalue weighted by Crippen LogP contribution is 2.14. The number of unbranched alkanes of at least 4 members (excludes halogenated alkanes) is 2. The van der Waals surface area contributed by atoms with Crippen LogP contribution in [0.2, 0.25) is 0 Å². The molecule has 0 saturated heterocycles. The van der Waals surface area contributed by atoms with E-state index in [1.807, 2.05) is 0 Å². The average molecular weight is 186 g/mol. The van der Waals surface area contributed by atoms with Crippen molar-refractivity contribution in [2.45, 2.75) is 51.6 Å². The van der Waals surface area contributed by atoms with Gasteiger partial charge in [-0.3, -0.25) is 0 Å². The summed E-state index contributed by atoms with van der Waals surface area (Å²) >= 11 is 0. The van der Waals surface area contributed by atoms with Gasteiger partial charge in [-0.15, -0.1) is 12.3 Å². The first-order valence-electron chi connectivity index (χ1n) is 4.64. The van der Waals surface area contributed by atoms with Crippen LogP contribution in [0.15, 0.2) is 0 Å². The van der Waals surface area contributed by atoms with Crippen molar-refractivity contribution in [3.05, 3.63) is 0 Å². The Morgan fingerprint density at radius 3 is 2.67 bits per heavy atom. The van der Waals surface area contributed by atoms with Gasteiger partial charge in [0.15, 0.2) is 0 Å². The molecule has 0 rings (SSSR count). The summed E-state index contributed by atoms with van der Waals surface area (Å²) in [5.74, 6) is 2.63. The number of hydrogen-bond donors (Lipinski definition) is 0. The van der Waals surface area contributed by atoms with E-state index in [-0.39, 0.29) is 0 Å². The van der Waals surface area contributed by atoms with Crippen molar-refractivity contribution in [1.82, 2.24) is 0 Å². The van der Waals surface area contributed by atoms with E-state index in [0.717, 1.165) is 19.3 Å². The molecule has 0 aliphatic carbocycles. The quantitative estimate of drug-likeness (QED) is 0.337. The van der Waals surface area contributed by atoms with Crippen LogP contribution in [0.25, 0.3) is 0 Å². The molecule has 0 saturated carbocycles. The maximum Gasteiger partial charge on any atom is 0.0620 e. The molecule has 70 valence electrons. The molecule has 0 N–H and O–H groups in total. The van der Waals surface area contributed by atoms with Gasteiger partial charge in [0.25, 0.3) is 0 Å². The Hall–Kier alpha value is -0.0500. The Kier molecular flexibility index (Phi) is 9.00. The van der Waals surface area contributed by atoms with Crippen LogP contribution in [0, 0.1) is 12.3 Å². The van der Waals surface area contributed by atoms with Crippen molar-refractivity contribution in [1.29, 1.82) is 0 Å². The fraction of sp³-hybridized carbons (Fsp3) is 0.800. The normalized spacial score (nSPS) is 12.4. The van der Waals surface area contributed by atoms with E-state index >= 15 is 0 Å². The van der Waals surface area contributed by atoms with Crippen molar-refractivity contribution in [2.24, 2.45) is 0 Å². The minimum atomic E-state index is 0.345. The van der Waals surface area contributed by atoms with Crippen LogP contribution in [0.5, 0.6) is 0 Å². The molecule has 0 aliphatic heterocycles. The monoisotopic (exact) mass is 186 g/mol. The summed E-state index contributed by atoms with van der Waals surface area (Å²) in [6.07, 6.45) is 12.3. The van der Waals surface area contributed by atoms with Crippen molar-refractivity contribution >= 4 is 9.47 Å². The van der Waals surface area contributed by atoms with Crippen molar-refractivity contribution < 1.29 is 4.52 Å². The van der Waals surface area contributed by atoms with Gasteiger partial charge in [0.1, 0.15) is 0 Å². The first kappa shape index (κ1) is 11.9. The Labute approximate surface area is 78.6 Å². The van der Waals surface area contributed by atoms with Gasteiger partial charge < -0.3 is 4.52 Å². The first-order chi connectivity index (χ1) is 5.85. The van der Waals surface area contributed by atoms with Crippen LogP contribution in [0.1, 0.15) is 45.4 Å². The second kappa shape index (κ2) is 9.04. The average Bonchev–Trinajstić information content (AvgIpc) is 2.11. The van der Waals surface area contributed by atoms with Crippen LogP contribution in [-0.2, 0) is 4.52 Å². The van der Waals surface area contributed by atoms with Gasteiger partial charge >= 0.3 is 0 Å². The SMILES string of the molecule is C#CCC[C@H](CCCCC)OP. The number of terminal acetylenes is 1. The molecule has 1 unspecified atom stereocenters. The summed E-state index contributed by atoms with van der Waals surface area (Å²) < 4.78 is 5.22. The second-order valence-corrected chi connectivity index (χ2v) is 3.27. The Morgan fingerprint density at radius 2 is 2.17 bits per heavy atom. The molecule has 0 spiro atoms. The van der Waals surface area contributed by atoms with E-state index in [0.29, 0.717) is 6.10 Å². The minimum absolute atomic E-state index is 0.345. The van der Waals surface area contributed by atoms with Crippen LogP contribution < -0.4 is 0 Å². The maximum absolute atomic E-state index is 5.22. The molecule has 12 heavy (non-hydrogen) atoms. The Morgan fingerprint density at radius 1 is 1.42 bits per heavy atom. The number of rotatable bonds is 7. The third kappa shape index (κ3) is 6.65. The lowest BCUT2D eigenvalue weighted by atomic mass is 10.1. The van der Waals surface area contributed by atoms with Gasteiger partial charge in [-0.25, -0.2) is 0 Å². The van der Waals surface area contributed by atoms with E-state index in [1.165, 1.54) is 19.3 Å². The van der Waals surface area contributed by atoms with Gasteiger partial charge in [0, 0.05) is 15.9 Å². The summed E-state index contributed by atoms with van der Waals surface area (Å²) in [5, 5.41) is 0. The molecule has 2 heteroatoms. The van der Waals surface area contributed by atoms with Gasteiger partial charge in [0.05, 0.1) is 6.10 Å². The lowest BCUT2D eigenvalue weighted by Crippen LogP contribution is -2.06. The minimum Gasteiger partial charge on any atom is -0.362 e. The second-order valence-electron chi connectivity index (χ2n) is 3.00. The van der Waals surface area contributed by atoms with E-state index in [4.69, 9.17) is 10.9 Å². The standard InChI is InChI=1S/C10H19OP/c1-3-5-7-9-10(11-12)8-6-4-2/h2,10H,3,5-9,12H2,1H3/t10-/m1/s1. The zero-order chi connectivity index (χ0) is 9.23. The molecule has 0 amide bonds. The predicted molar refractivity (Wildman–Crippen MR) is 56.8 cm³/mol. The third-order valence-corrected chi connectivity index (χ3v) is 2.32. The molecule has 2 atom stereocenters. The smallest absolute Gasteiger partial charge is 0.0620 e. The van der Waals surface area contributed by atoms with E-state index in [2.05, 4.69) is 22.3 Å². The highest BCUT2D eigenvalue weighted by Gasteiger charge is 2.04. The summed E-state index contributed by atoms with van der Waals surface area (Å²) in [5.41, 5.74) is 0. The Balaban J connectivity index is 3.34. The third-order valence-electron chi connectivity index (χ3n) is 1.93. The van der Waals surface area contributed by atoms with Crippen LogP contribution >= 0.6 is 9.47 Å². The topological polar surface area (TPSA) is 9.23 Å². The zero-order valence-corrected chi connectivity index (χ0v) is 9.04. The van der Waals surface area contributed by atoms with Crippen LogP contribution in [-0.4, -0.2) is 6.10 Å². The molecule has 0 aromatic carbocycles. The van der Waals surface area contributed by atoms with Crippen LogP contribution in [0.3, 0.4) is 0 Å².